The molecule has 1 aromatic rings. The third kappa shape index (κ3) is 4.78. The number of benzene rings is 1. The van der Waals surface area contributed by atoms with Crippen molar-refractivity contribution in [2.75, 3.05) is 4.31 Å². The Bertz CT molecular complexity index is 722. The summed E-state index contributed by atoms with van der Waals surface area (Å²) in [5, 5.41) is 29.0. The molecule has 2 rings (SSSR count). The minimum absolute atomic E-state index is 0.0977. The van der Waals surface area contributed by atoms with Gasteiger partial charge in [-0.3, -0.25) is 0 Å². The Morgan fingerprint density at radius 1 is 1.17 bits per heavy atom. The Kier molecular flexibility index (Phi) is 5.29. The van der Waals surface area contributed by atoms with Crippen LogP contribution in [-0.4, -0.2) is 29.3 Å². The Hall–Kier alpha value is -1.93. The lowest BCUT2D eigenvalue weighted by Gasteiger charge is -2.17. The van der Waals surface area contributed by atoms with Gasteiger partial charge < -0.3 is 15.3 Å². The zero-order valence-electron chi connectivity index (χ0n) is 13.9. The molecule has 0 radical (unpaired) electrons. The molecule has 4 N–H and O–H groups in total. The standard InChI is InChI=1S/C16H24N2O5S/c1-16(2,21)9-5-3-4-6-12-7-8-14(19)13(10-12)18-11-15(20)17-24(18,22)23/h7-8,10-11,17,19-21H,3-6,9H2,1-2H3. The smallest absolute Gasteiger partial charge is 0.330 e. The highest BCUT2D eigenvalue weighted by atomic mass is 32.2. The second-order valence-corrected chi connectivity index (χ2v) is 8.16. The van der Waals surface area contributed by atoms with Crippen LogP contribution in [0.25, 0.3) is 0 Å². The van der Waals surface area contributed by atoms with Crippen LogP contribution in [0.5, 0.6) is 5.75 Å². The van der Waals surface area contributed by atoms with Gasteiger partial charge in [0.15, 0.2) is 0 Å². The number of aliphatic hydroxyl groups is 2. The van der Waals surface area contributed by atoms with E-state index in [2.05, 4.69) is 0 Å². The molecular weight excluding hydrogens is 332 g/mol. The summed E-state index contributed by atoms with van der Waals surface area (Å²) in [6, 6.07) is 4.79. The van der Waals surface area contributed by atoms with Gasteiger partial charge in [0.1, 0.15) is 11.4 Å². The van der Waals surface area contributed by atoms with Crippen LogP contribution in [0.4, 0.5) is 5.69 Å². The van der Waals surface area contributed by atoms with E-state index >= 15 is 0 Å². The molecule has 0 amide bonds. The van der Waals surface area contributed by atoms with Gasteiger partial charge in [-0.15, -0.1) is 0 Å². The predicted octanol–water partition coefficient (Wildman–Crippen LogP) is 2.28. The predicted molar refractivity (Wildman–Crippen MR) is 91.8 cm³/mol. The Balaban J connectivity index is 2.02. The van der Waals surface area contributed by atoms with E-state index in [9.17, 15) is 23.7 Å². The maximum absolute atomic E-state index is 11.9. The van der Waals surface area contributed by atoms with Crippen molar-refractivity contribution >= 4 is 15.9 Å². The summed E-state index contributed by atoms with van der Waals surface area (Å²) in [7, 11) is -3.92. The number of aryl methyl sites for hydroxylation is 1. The van der Waals surface area contributed by atoms with Gasteiger partial charge in [-0.2, -0.15) is 8.42 Å². The summed E-state index contributed by atoms with van der Waals surface area (Å²) in [4.78, 5) is 0. The van der Waals surface area contributed by atoms with Crippen molar-refractivity contribution in [3.05, 3.63) is 35.8 Å². The van der Waals surface area contributed by atoms with Crippen LogP contribution in [0.15, 0.2) is 30.3 Å². The summed E-state index contributed by atoms with van der Waals surface area (Å²) < 4.78 is 26.6. The molecule has 1 aliphatic heterocycles. The maximum Gasteiger partial charge on any atom is 0.330 e. The van der Waals surface area contributed by atoms with E-state index in [1.54, 1.807) is 26.0 Å². The van der Waals surface area contributed by atoms with Crippen LogP contribution >= 0.6 is 0 Å². The van der Waals surface area contributed by atoms with Crippen molar-refractivity contribution in [1.82, 2.24) is 4.72 Å². The van der Waals surface area contributed by atoms with Crippen molar-refractivity contribution in [2.45, 2.75) is 51.6 Å². The van der Waals surface area contributed by atoms with E-state index in [0.29, 0.717) is 0 Å². The van der Waals surface area contributed by atoms with Gasteiger partial charge >= 0.3 is 10.2 Å². The van der Waals surface area contributed by atoms with E-state index in [1.807, 2.05) is 4.72 Å². The van der Waals surface area contributed by atoms with E-state index in [1.165, 1.54) is 6.07 Å². The molecule has 1 aromatic carbocycles. The first-order valence-electron chi connectivity index (χ1n) is 7.86. The van der Waals surface area contributed by atoms with E-state index in [4.69, 9.17) is 0 Å². The second kappa shape index (κ2) is 6.90. The molecule has 0 aromatic heterocycles. The minimum Gasteiger partial charge on any atom is -0.506 e. The van der Waals surface area contributed by atoms with E-state index in [0.717, 1.165) is 48.2 Å². The van der Waals surface area contributed by atoms with Gasteiger partial charge in [0.25, 0.3) is 0 Å². The minimum atomic E-state index is -3.92. The zero-order chi connectivity index (χ0) is 18.0. The average Bonchev–Trinajstić information content (AvgIpc) is 2.71. The number of phenolic OH excluding ortho intramolecular Hbond substituents is 1. The van der Waals surface area contributed by atoms with Crippen molar-refractivity contribution in [3.8, 4) is 5.75 Å². The van der Waals surface area contributed by atoms with Crippen molar-refractivity contribution in [2.24, 2.45) is 0 Å². The van der Waals surface area contributed by atoms with Gasteiger partial charge in [-0.1, -0.05) is 18.9 Å². The first-order chi connectivity index (χ1) is 11.1. The molecule has 0 unspecified atom stereocenters. The zero-order valence-corrected chi connectivity index (χ0v) is 14.7. The maximum atomic E-state index is 11.9. The van der Waals surface area contributed by atoms with Gasteiger partial charge in [-0.05, 0) is 50.8 Å². The molecule has 0 saturated carbocycles. The number of nitrogens with one attached hydrogen (secondary N) is 1. The second-order valence-electron chi connectivity index (χ2n) is 6.61. The number of anilines is 1. The number of hydrogen-bond donors (Lipinski definition) is 4. The topological polar surface area (TPSA) is 110 Å². The number of rotatable bonds is 7. The van der Waals surface area contributed by atoms with Gasteiger partial charge in [0, 0.05) is 0 Å². The number of hydrogen-bond acceptors (Lipinski definition) is 5. The van der Waals surface area contributed by atoms with Crippen LogP contribution in [0, 0.1) is 0 Å². The number of unbranched alkanes of at least 4 members (excludes halogenated alkanes) is 2. The quantitative estimate of drug-likeness (QED) is 0.560. The summed E-state index contributed by atoms with van der Waals surface area (Å²) in [5.74, 6) is -0.677. The molecule has 0 aliphatic carbocycles. The number of nitrogens with zero attached hydrogens (tertiary/aromatic N) is 1. The molecule has 134 valence electrons. The molecule has 0 atom stereocenters. The number of aliphatic hydroxyl groups excluding tert-OH is 1. The lowest BCUT2D eigenvalue weighted by Crippen LogP contribution is -2.29. The highest BCUT2D eigenvalue weighted by Crippen LogP contribution is 2.33. The third-order valence-electron chi connectivity index (χ3n) is 3.76. The highest BCUT2D eigenvalue weighted by molar-refractivity contribution is 7.91. The molecule has 0 fully saturated rings. The van der Waals surface area contributed by atoms with E-state index in [-0.39, 0.29) is 11.4 Å². The van der Waals surface area contributed by atoms with Crippen molar-refractivity contribution in [3.63, 3.8) is 0 Å². The fourth-order valence-electron chi connectivity index (χ4n) is 2.55. The Labute approximate surface area is 142 Å². The lowest BCUT2D eigenvalue weighted by molar-refractivity contribution is 0.0681. The van der Waals surface area contributed by atoms with Gasteiger partial charge in [-0.25, -0.2) is 9.03 Å². The lowest BCUT2D eigenvalue weighted by atomic mass is 9.99. The monoisotopic (exact) mass is 356 g/mol. The fraction of sp³-hybridized carbons (Fsp3) is 0.500. The van der Waals surface area contributed by atoms with Crippen molar-refractivity contribution < 1.29 is 23.7 Å². The molecular formula is C16H24N2O5S. The summed E-state index contributed by atoms with van der Waals surface area (Å²) >= 11 is 0. The highest BCUT2D eigenvalue weighted by Gasteiger charge is 2.30. The fourth-order valence-corrected chi connectivity index (χ4v) is 3.61. The number of aromatic hydroxyl groups is 1. The first kappa shape index (κ1) is 18.4. The summed E-state index contributed by atoms with van der Waals surface area (Å²) in [6.45, 7) is 3.57. The molecule has 0 spiro atoms. The van der Waals surface area contributed by atoms with Gasteiger partial charge in [0.2, 0.25) is 5.88 Å². The molecule has 1 aliphatic rings. The first-order valence-corrected chi connectivity index (χ1v) is 9.30. The molecule has 7 nitrogen and oxygen atoms in total. The molecule has 24 heavy (non-hydrogen) atoms. The van der Waals surface area contributed by atoms with Crippen LogP contribution in [0.2, 0.25) is 0 Å². The molecule has 1 heterocycles. The Morgan fingerprint density at radius 3 is 2.46 bits per heavy atom. The van der Waals surface area contributed by atoms with Crippen LogP contribution in [0.1, 0.15) is 45.1 Å². The SMILES string of the molecule is CC(C)(O)CCCCCc1ccc(O)c(N2C=C(O)NS2(=O)=O)c1. The summed E-state index contributed by atoms with van der Waals surface area (Å²) in [6.07, 6.45) is 5.23. The molecule has 0 bridgehead atoms. The normalized spacial score (nSPS) is 16.8. The third-order valence-corrected chi connectivity index (χ3v) is 5.05. The van der Waals surface area contributed by atoms with Crippen molar-refractivity contribution in [1.29, 1.82) is 0 Å². The molecule has 8 heteroatoms. The summed E-state index contributed by atoms with van der Waals surface area (Å²) in [5.41, 5.74) is 0.332. The van der Waals surface area contributed by atoms with Gasteiger partial charge in [0.05, 0.1) is 11.8 Å². The van der Waals surface area contributed by atoms with Crippen LogP contribution in [-0.2, 0) is 16.6 Å². The number of phenols is 1. The average molecular weight is 356 g/mol. The molecule has 0 saturated heterocycles. The largest absolute Gasteiger partial charge is 0.506 e. The van der Waals surface area contributed by atoms with Crippen LogP contribution < -0.4 is 9.03 Å². The Morgan fingerprint density at radius 2 is 1.88 bits per heavy atom. The van der Waals surface area contributed by atoms with Crippen LogP contribution in [0.3, 0.4) is 0 Å². The van der Waals surface area contributed by atoms with E-state index < -0.39 is 21.7 Å².